The third-order valence-corrected chi connectivity index (χ3v) is 6.92. The van der Waals surface area contributed by atoms with Crippen molar-refractivity contribution in [2.75, 3.05) is 14.2 Å². The monoisotopic (exact) mass is 571 g/mol. The molecule has 214 valence electrons. The number of H-pyrrole nitrogens is 1. The lowest BCUT2D eigenvalue weighted by Gasteiger charge is -2.14. The van der Waals surface area contributed by atoms with Crippen molar-refractivity contribution in [1.29, 1.82) is 0 Å². The molecule has 0 saturated heterocycles. The van der Waals surface area contributed by atoms with E-state index in [9.17, 15) is 14.0 Å². The van der Waals surface area contributed by atoms with Gasteiger partial charge < -0.3 is 19.2 Å². The van der Waals surface area contributed by atoms with E-state index in [0.29, 0.717) is 50.4 Å². The highest BCUT2D eigenvalue weighted by molar-refractivity contribution is 5.99. The van der Waals surface area contributed by atoms with Gasteiger partial charge in [0.05, 0.1) is 25.3 Å². The fourth-order valence-corrected chi connectivity index (χ4v) is 4.96. The number of ketones is 1. The van der Waals surface area contributed by atoms with E-state index in [4.69, 9.17) is 14.2 Å². The van der Waals surface area contributed by atoms with Crippen molar-refractivity contribution in [2.24, 2.45) is 0 Å². The van der Waals surface area contributed by atoms with Crippen molar-refractivity contribution >= 4 is 16.8 Å². The fraction of sp³-hybridized carbons (Fsp3) is 0.188. The number of carbonyl (C=O) groups excluding carboxylic acids is 1. The van der Waals surface area contributed by atoms with Gasteiger partial charge in [0.1, 0.15) is 11.3 Å². The van der Waals surface area contributed by atoms with Crippen LogP contribution in [-0.2, 0) is 6.42 Å². The summed E-state index contributed by atoms with van der Waals surface area (Å²) in [6.07, 6.45) is 1.28. The SMILES string of the molecule is COc1cc2nccc(Oc3ccc(CC(=O)c4c(C)[nH]c(C)c(-c5ccc(F)cc5C)c4=O)cc3F)c2nc1OC. The van der Waals surface area contributed by atoms with Gasteiger partial charge in [-0.3, -0.25) is 14.6 Å². The number of fused-ring (bicyclic) bond motifs is 1. The number of aromatic nitrogens is 3. The van der Waals surface area contributed by atoms with Gasteiger partial charge >= 0.3 is 0 Å². The smallest absolute Gasteiger partial charge is 0.257 e. The van der Waals surface area contributed by atoms with Crippen LogP contribution in [-0.4, -0.2) is 35.0 Å². The van der Waals surface area contributed by atoms with Crippen LogP contribution in [0.1, 0.15) is 32.9 Å². The zero-order valence-corrected chi connectivity index (χ0v) is 23.6. The van der Waals surface area contributed by atoms with E-state index in [1.54, 1.807) is 39.0 Å². The highest BCUT2D eigenvalue weighted by Gasteiger charge is 2.22. The number of aromatic amines is 1. The Labute approximate surface area is 239 Å². The van der Waals surface area contributed by atoms with Crippen molar-refractivity contribution in [3.05, 3.63) is 105 Å². The van der Waals surface area contributed by atoms with Crippen LogP contribution < -0.4 is 19.6 Å². The van der Waals surface area contributed by atoms with Gasteiger partial charge in [0, 0.05) is 41.7 Å². The number of hydrogen-bond acceptors (Lipinski definition) is 7. The molecule has 0 saturated carbocycles. The summed E-state index contributed by atoms with van der Waals surface area (Å²) < 4.78 is 45.3. The fourth-order valence-electron chi connectivity index (χ4n) is 4.96. The number of Topliss-reactive ketones (excluding diaryl/α,β-unsaturated/α-hetero) is 1. The van der Waals surface area contributed by atoms with Gasteiger partial charge in [0.2, 0.25) is 5.43 Å². The molecule has 2 aromatic carbocycles. The summed E-state index contributed by atoms with van der Waals surface area (Å²) >= 11 is 0. The number of ether oxygens (including phenoxy) is 3. The Bertz CT molecular complexity index is 1920. The Balaban J connectivity index is 1.43. The van der Waals surface area contributed by atoms with E-state index in [0.717, 1.165) is 0 Å². The Kier molecular flexibility index (Phi) is 7.71. The first-order valence-corrected chi connectivity index (χ1v) is 13.0. The maximum atomic E-state index is 15.2. The molecule has 8 nitrogen and oxygen atoms in total. The summed E-state index contributed by atoms with van der Waals surface area (Å²) in [6.45, 7) is 5.06. The Hall–Kier alpha value is -5.12. The Morgan fingerprint density at radius 1 is 0.905 bits per heavy atom. The summed E-state index contributed by atoms with van der Waals surface area (Å²) in [7, 11) is 2.93. The average Bonchev–Trinajstić information content (AvgIpc) is 2.94. The molecule has 0 aliphatic heterocycles. The van der Waals surface area contributed by atoms with Gasteiger partial charge in [-0.2, -0.15) is 0 Å². The summed E-state index contributed by atoms with van der Waals surface area (Å²) in [4.78, 5) is 38.7. The number of halogens is 2. The molecule has 3 heterocycles. The van der Waals surface area contributed by atoms with E-state index in [1.807, 2.05) is 0 Å². The molecular weight excluding hydrogens is 544 g/mol. The third kappa shape index (κ3) is 5.30. The minimum absolute atomic E-state index is 0.0289. The highest BCUT2D eigenvalue weighted by atomic mass is 19.1. The van der Waals surface area contributed by atoms with Crippen molar-refractivity contribution in [3.8, 4) is 34.3 Å². The molecule has 0 aliphatic rings. The molecule has 0 radical (unpaired) electrons. The zero-order valence-electron chi connectivity index (χ0n) is 23.6. The van der Waals surface area contributed by atoms with Gasteiger partial charge in [-0.25, -0.2) is 13.8 Å². The number of hydrogen-bond donors (Lipinski definition) is 1. The normalized spacial score (nSPS) is 11.0. The number of aryl methyl sites for hydroxylation is 3. The first-order chi connectivity index (χ1) is 20.1. The molecule has 0 unspecified atom stereocenters. The number of carbonyl (C=O) groups is 1. The second-order valence-corrected chi connectivity index (χ2v) is 9.76. The van der Waals surface area contributed by atoms with E-state index in [1.165, 1.54) is 50.7 Å². The third-order valence-electron chi connectivity index (χ3n) is 6.92. The zero-order chi connectivity index (χ0) is 30.1. The van der Waals surface area contributed by atoms with Crippen molar-refractivity contribution in [1.82, 2.24) is 15.0 Å². The van der Waals surface area contributed by atoms with Crippen LogP contribution in [0.5, 0.6) is 23.1 Å². The van der Waals surface area contributed by atoms with Gasteiger partial charge in [0.25, 0.3) is 5.88 Å². The topological polar surface area (TPSA) is 103 Å². The molecule has 0 fully saturated rings. The predicted octanol–water partition coefficient (Wildman–Crippen LogP) is 6.42. The largest absolute Gasteiger partial charge is 0.491 e. The van der Waals surface area contributed by atoms with Crippen LogP contribution >= 0.6 is 0 Å². The number of benzene rings is 2. The summed E-state index contributed by atoms with van der Waals surface area (Å²) in [5.41, 5.74) is 3.02. The quantitative estimate of drug-likeness (QED) is 0.214. The Morgan fingerprint density at radius 3 is 2.38 bits per heavy atom. The van der Waals surface area contributed by atoms with Gasteiger partial charge in [-0.15, -0.1) is 0 Å². The van der Waals surface area contributed by atoms with Gasteiger partial charge in [0.15, 0.2) is 28.8 Å². The number of nitrogens with zero attached hydrogens (tertiary/aromatic N) is 2. The number of rotatable bonds is 8. The molecule has 3 aromatic heterocycles. The maximum Gasteiger partial charge on any atom is 0.257 e. The van der Waals surface area contributed by atoms with Crippen LogP contribution in [0.2, 0.25) is 0 Å². The minimum Gasteiger partial charge on any atom is -0.491 e. The molecule has 1 N–H and O–H groups in total. The van der Waals surface area contributed by atoms with Crippen molar-refractivity contribution in [3.63, 3.8) is 0 Å². The number of nitrogens with one attached hydrogen (secondary N) is 1. The van der Waals surface area contributed by atoms with Crippen LogP contribution in [0, 0.1) is 32.4 Å². The highest BCUT2D eigenvalue weighted by Crippen LogP contribution is 2.35. The number of methoxy groups -OCH3 is 2. The van der Waals surface area contributed by atoms with Gasteiger partial charge in [-0.05, 0) is 61.7 Å². The Morgan fingerprint density at radius 2 is 1.69 bits per heavy atom. The van der Waals surface area contributed by atoms with Crippen LogP contribution in [0.25, 0.3) is 22.2 Å². The van der Waals surface area contributed by atoms with E-state index in [2.05, 4.69) is 15.0 Å². The number of pyridine rings is 3. The van der Waals surface area contributed by atoms with Crippen LogP contribution in [0.15, 0.2) is 59.5 Å². The molecule has 0 atom stereocenters. The lowest BCUT2D eigenvalue weighted by atomic mass is 9.93. The summed E-state index contributed by atoms with van der Waals surface area (Å²) in [5, 5.41) is 0. The molecule has 42 heavy (non-hydrogen) atoms. The van der Waals surface area contributed by atoms with E-state index in [-0.39, 0.29) is 29.4 Å². The lowest BCUT2D eigenvalue weighted by Crippen LogP contribution is -2.23. The molecular formula is C32H27F2N3O5. The summed E-state index contributed by atoms with van der Waals surface area (Å²) in [5.74, 6) is -0.843. The molecule has 5 aromatic rings. The van der Waals surface area contributed by atoms with Gasteiger partial charge in [-0.1, -0.05) is 12.1 Å². The molecule has 0 amide bonds. The predicted molar refractivity (Wildman–Crippen MR) is 154 cm³/mol. The van der Waals surface area contributed by atoms with Crippen LogP contribution in [0.4, 0.5) is 8.78 Å². The first kappa shape index (κ1) is 28.4. The van der Waals surface area contributed by atoms with Crippen LogP contribution in [0.3, 0.4) is 0 Å². The lowest BCUT2D eigenvalue weighted by molar-refractivity contribution is 0.0991. The standard InChI is InChI=1S/C32H27F2N3O5/c1-16-12-20(33)7-8-21(16)28-17(2)36-18(3)29(31(28)39)24(38)14-19-6-9-25(22(34)13-19)42-26-10-11-35-23-15-27(40-4)32(41-5)37-30(23)26/h6-13,15H,14H2,1-5H3,(H,36,39). The molecule has 10 heteroatoms. The molecule has 0 aliphatic carbocycles. The molecule has 0 bridgehead atoms. The summed E-state index contributed by atoms with van der Waals surface area (Å²) in [6, 6.07) is 11.5. The van der Waals surface area contributed by atoms with Crippen molar-refractivity contribution < 1.29 is 27.8 Å². The maximum absolute atomic E-state index is 15.2. The average molecular weight is 572 g/mol. The van der Waals surface area contributed by atoms with Crippen molar-refractivity contribution in [2.45, 2.75) is 27.2 Å². The molecule has 0 spiro atoms. The van der Waals surface area contributed by atoms with E-state index >= 15 is 4.39 Å². The second-order valence-electron chi connectivity index (χ2n) is 9.76. The molecule has 5 rings (SSSR count). The second kappa shape index (κ2) is 11.4. The first-order valence-electron chi connectivity index (χ1n) is 13.0. The van der Waals surface area contributed by atoms with E-state index < -0.39 is 22.8 Å². The minimum atomic E-state index is -0.706.